The van der Waals surface area contributed by atoms with Gasteiger partial charge in [-0.15, -0.1) is 0 Å². The molecule has 0 aliphatic carbocycles. The largest absolute Gasteiger partial charge is 0.489 e. The van der Waals surface area contributed by atoms with E-state index in [1.54, 1.807) is 36.7 Å². The third kappa shape index (κ3) is 5.36. The Kier molecular flexibility index (Phi) is 6.11. The molecule has 0 aliphatic heterocycles. The van der Waals surface area contributed by atoms with Crippen molar-refractivity contribution < 1.29 is 19.2 Å². The molecule has 0 atom stereocenters. The summed E-state index contributed by atoms with van der Waals surface area (Å²) in [6.07, 6.45) is 3.34. The minimum absolute atomic E-state index is 0.0491. The lowest BCUT2D eigenvalue weighted by Gasteiger charge is -2.10. The minimum Gasteiger partial charge on any atom is -0.489 e. The Morgan fingerprint density at radius 2 is 1.66 bits per heavy atom. The number of hydrogen-bond donors (Lipinski definition) is 2. The molecule has 3 rings (SSSR count). The summed E-state index contributed by atoms with van der Waals surface area (Å²) in [4.78, 5) is 38.6. The molecule has 9 nitrogen and oxygen atoms in total. The SMILES string of the molecule is O=C(NNC(=O)c1cccc([N+](=O)[O-])c1)c1cccc(OCc2cccnc2)c1. The van der Waals surface area contributed by atoms with Crippen LogP contribution in [0.1, 0.15) is 26.3 Å². The summed E-state index contributed by atoms with van der Waals surface area (Å²) in [5.74, 6) is -0.756. The summed E-state index contributed by atoms with van der Waals surface area (Å²) in [5, 5.41) is 10.8. The monoisotopic (exact) mass is 392 g/mol. The summed E-state index contributed by atoms with van der Waals surface area (Å²) < 4.78 is 5.64. The Balaban J connectivity index is 1.58. The zero-order valence-corrected chi connectivity index (χ0v) is 15.1. The molecule has 0 saturated carbocycles. The molecule has 2 amide bonds. The molecule has 0 unspecified atom stereocenters. The molecule has 2 N–H and O–H groups in total. The van der Waals surface area contributed by atoms with Gasteiger partial charge < -0.3 is 4.74 Å². The van der Waals surface area contributed by atoms with E-state index in [9.17, 15) is 19.7 Å². The number of carbonyl (C=O) groups excluding carboxylic acids is 2. The Bertz CT molecular complexity index is 1040. The smallest absolute Gasteiger partial charge is 0.270 e. The summed E-state index contributed by atoms with van der Waals surface area (Å²) in [6.45, 7) is 0.294. The number of nitro benzene ring substituents is 1. The number of nitrogens with zero attached hydrogens (tertiary/aromatic N) is 2. The van der Waals surface area contributed by atoms with E-state index in [1.807, 2.05) is 6.07 Å². The summed E-state index contributed by atoms with van der Waals surface area (Å²) in [7, 11) is 0. The average Bonchev–Trinajstić information content (AvgIpc) is 2.76. The number of benzene rings is 2. The Labute approximate surface area is 165 Å². The number of hydrazine groups is 1. The number of rotatable bonds is 6. The van der Waals surface area contributed by atoms with Crippen LogP contribution in [-0.2, 0) is 6.61 Å². The fourth-order valence-corrected chi connectivity index (χ4v) is 2.40. The first-order valence-corrected chi connectivity index (χ1v) is 8.50. The molecule has 0 bridgehead atoms. The van der Waals surface area contributed by atoms with Gasteiger partial charge in [0.15, 0.2) is 0 Å². The molecule has 1 heterocycles. The fraction of sp³-hybridized carbons (Fsp3) is 0.0500. The third-order valence-corrected chi connectivity index (χ3v) is 3.83. The second-order valence-electron chi connectivity index (χ2n) is 5.89. The topological polar surface area (TPSA) is 123 Å². The molecule has 0 saturated heterocycles. The standard InChI is InChI=1S/C20H16N4O5/c25-19(15-5-1-7-17(10-15)24(27)28)22-23-20(26)16-6-2-8-18(11-16)29-13-14-4-3-9-21-12-14/h1-12H,13H2,(H,22,25)(H,23,26). The highest BCUT2D eigenvalue weighted by atomic mass is 16.6. The highest BCUT2D eigenvalue weighted by Gasteiger charge is 2.13. The van der Waals surface area contributed by atoms with Crippen LogP contribution >= 0.6 is 0 Å². The van der Waals surface area contributed by atoms with Gasteiger partial charge >= 0.3 is 0 Å². The maximum atomic E-state index is 12.3. The first kappa shape index (κ1) is 19.5. The quantitative estimate of drug-likeness (QED) is 0.491. The van der Waals surface area contributed by atoms with Crippen LogP contribution in [0.5, 0.6) is 5.75 Å². The van der Waals surface area contributed by atoms with Crippen molar-refractivity contribution in [2.45, 2.75) is 6.61 Å². The van der Waals surface area contributed by atoms with Crippen LogP contribution in [0.2, 0.25) is 0 Å². The van der Waals surface area contributed by atoms with Crippen LogP contribution in [0.25, 0.3) is 0 Å². The van der Waals surface area contributed by atoms with Gasteiger partial charge in [0.2, 0.25) is 0 Å². The highest BCUT2D eigenvalue weighted by Crippen LogP contribution is 2.15. The lowest BCUT2D eigenvalue weighted by molar-refractivity contribution is -0.384. The van der Waals surface area contributed by atoms with Gasteiger partial charge in [0.25, 0.3) is 17.5 Å². The number of hydrogen-bond acceptors (Lipinski definition) is 6. The van der Waals surface area contributed by atoms with E-state index in [0.29, 0.717) is 12.4 Å². The van der Waals surface area contributed by atoms with E-state index in [2.05, 4.69) is 15.8 Å². The van der Waals surface area contributed by atoms with Gasteiger partial charge in [-0.3, -0.25) is 35.5 Å². The number of non-ortho nitro benzene ring substituents is 1. The second-order valence-corrected chi connectivity index (χ2v) is 5.89. The lowest BCUT2D eigenvalue weighted by atomic mass is 10.2. The van der Waals surface area contributed by atoms with Crippen molar-refractivity contribution in [1.82, 2.24) is 15.8 Å². The molecular formula is C20H16N4O5. The number of aromatic nitrogens is 1. The first-order valence-electron chi connectivity index (χ1n) is 8.50. The van der Waals surface area contributed by atoms with Gasteiger partial charge in [-0.2, -0.15) is 0 Å². The van der Waals surface area contributed by atoms with Crippen LogP contribution in [0, 0.1) is 10.1 Å². The molecule has 9 heteroatoms. The third-order valence-electron chi connectivity index (χ3n) is 3.83. The Morgan fingerprint density at radius 3 is 2.31 bits per heavy atom. The highest BCUT2D eigenvalue weighted by molar-refractivity contribution is 5.99. The molecule has 1 aromatic heterocycles. The Morgan fingerprint density at radius 1 is 0.966 bits per heavy atom. The fourth-order valence-electron chi connectivity index (χ4n) is 2.40. The van der Waals surface area contributed by atoms with Crippen molar-refractivity contribution in [2.75, 3.05) is 0 Å². The van der Waals surface area contributed by atoms with Gasteiger partial charge in [0.05, 0.1) is 4.92 Å². The zero-order chi connectivity index (χ0) is 20.6. The lowest BCUT2D eigenvalue weighted by Crippen LogP contribution is -2.41. The van der Waals surface area contributed by atoms with E-state index < -0.39 is 16.7 Å². The first-order chi connectivity index (χ1) is 14.0. The predicted molar refractivity (Wildman–Crippen MR) is 103 cm³/mol. The van der Waals surface area contributed by atoms with Crippen molar-refractivity contribution in [1.29, 1.82) is 0 Å². The maximum Gasteiger partial charge on any atom is 0.270 e. The minimum atomic E-state index is -0.675. The van der Waals surface area contributed by atoms with E-state index in [4.69, 9.17) is 4.74 Å². The second kappa shape index (κ2) is 9.09. The van der Waals surface area contributed by atoms with Crippen molar-refractivity contribution in [3.8, 4) is 5.75 Å². The van der Waals surface area contributed by atoms with E-state index >= 15 is 0 Å². The van der Waals surface area contributed by atoms with E-state index in [1.165, 1.54) is 24.3 Å². The van der Waals surface area contributed by atoms with Crippen LogP contribution in [-0.4, -0.2) is 21.7 Å². The number of amides is 2. The van der Waals surface area contributed by atoms with Gasteiger partial charge in [0, 0.05) is 41.2 Å². The van der Waals surface area contributed by atoms with Crippen LogP contribution in [0.3, 0.4) is 0 Å². The molecule has 0 fully saturated rings. The Hall–Kier alpha value is -4.27. The summed E-state index contributed by atoms with van der Waals surface area (Å²) >= 11 is 0. The average molecular weight is 392 g/mol. The molecule has 0 radical (unpaired) electrons. The van der Waals surface area contributed by atoms with Crippen molar-refractivity contribution in [3.05, 3.63) is 99.9 Å². The van der Waals surface area contributed by atoms with Crippen molar-refractivity contribution in [2.24, 2.45) is 0 Å². The number of carbonyl (C=O) groups is 2. The van der Waals surface area contributed by atoms with Crippen LogP contribution in [0.15, 0.2) is 73.1 Å². The molecule has 29 heavy (non-hydrogen) atoms. The molecule has 3 aromatic rings. The molecular weight excluding hydrogens is 376 g/mol. The van der Waals surface area contributed by atoms with Gasteiger partial charge in [0.1, 0.15) is 12.4 Å². The van der Waals surface area contributed by atoms with Crippen molar-refractivity contribution in [3.63, 3.8) is 0 Å². The van der Waals surface area contributed by atoms with Crippen LogP contribution in [0.4, 0.5) is 5.69 Å². The number of nitrogens with one attached hydrogen (secondary N) is 2. The van der Waals surface area contributed by atoms with Gasteiger partial charge in [-0.1, -0.05) is 18.2 Å². The van der Waals surface area contributed by atoms with Crippen LogP contribution < -0.4 is 15.6 Å². The number of ether oxygens (including phenoxy) is 1. The van der Waals surface area contributed by atoms with Crippen molar-refractivity contribution >= 4 is 17.5 Å². The van der Waals surface area contributed by atoms with Gasteiger partial charge in [-0.25, -0.2) is 0 Å². The molecule has 146 valence electrons. The molecule has 0 spiro atoms. The maximum absolute atomic E-state index is 12.3. The van der Waals surface area contributed by atoms with Gasteiger partial charge in [-0.05, 0) is 30.3 Å². The number of pyridine rings is 1. The predicted octanol–water partition coefficient (Wildman–Crippen LogP) is 2.64. The summed E-state index contributed by atoms with van der Waals surface area (Å²) in [6, 6.07) is 15.3. The summed E-state index contributed by atoms with van der Waals surface area (Å²) in [5.41, 5.74) is 5.49. The van der Waals surface area contributed by atoms with E-state index in [-0.39, 0.29) is 16.8 Å². The molecule has 2 aromatic carbocycles. The number of nitro groups is 1. The van der Waals surface area contributed by atoms with E-state index in [0.717, 1.165) is 11.6 Å². The normalized spacial score (nSPS) is 10.1. The molecule has 0 aliphatic rings. The zero-order valence-electron chi connectivity index (χ0n) is 15.1.